The van der Waals surface area contributed by atoms with Gasteiger partial charge >= 0.3 is 17.9 Å². The summed E-state index contributed by atoms with van der Waals surface area (Å²) in [7, 11) is 0. The summed E-state index contributed by atoms with van der Waals surface area (Å²) in [6, 6.07) is 0. The third kappa shape index (κ3) is 57.6. The molecule has 1 atom stereocenters. The van der Waals surface area contributed by atoms with Crippen LogP contribution in [-0.2, 0) is 28.6 Å². The van der Waals surface area contributed by atoms with Gasteiger partial charge in [0.05, 0.1) is 0 Å². The maximum absolute atomic E-state index is 12.9. The second kappa shape index (κ2) is 59.4. The molecule has 0 N–H and O–H groups in total. The Morgan fingerprint density at radius 2 is 0.507 bits per heavy atom. The third-order valence-corrected chi connectivity index (χ3v) is 13.2. The van der Waals surface area contributed by atoms with Gasteiger partial charge in [0.2, 0.25) is 0 Å². The summed E-state index contributed by atoms with van der Waals surface area (Å²) < 4.78 is 16.9. The molecule has 0 spiro atoms. The van der Waals surface area contributed by atoms with Crippen molar-refractivity contribution >= 4 is 17.9 Å². The van der Waals surface area contributed by atoms with Crippen molar-refractivity contribution in [2.45, 2.75) is 309 Å². The van der Waals surface area contributed by atoms with Gasteiger partial charge in [-0.15, -0.1) is 0 Å². The molecule has 0 aromatic heterocycles. The van der Waals surface area contributed by atoms with Crippen LogP contribution in [-0.4, -0.2) is 37.2 Å². The van der Waals surface area contributed by atoms with Crippen molar-refractivity contribution in [3.8, 4) is 0 Å². The molecular formula is C65H114O6. The predicted molar refractivity (Wildman–Crippen MR) is 307 cm³/mol. The van der Waals surface area contributed by atoms with Crippen molar-refractivity contribution < 1.29 is 28.6 Å². The Bertz CT molecular complexity index is 1320. The zero-order valence-electron chi connectivity index (χ0n) is 47.0. The fourth-order valence-corrected chi connectivity index (χ4v) is 8.57. The highest BCUT2D eigenvalue weighted by Crippen LogP contribution is 2.16. The average molecular weight is 992 g/mol. The molecule has 6 nitrogen and oxygen atoms in total. The van der Waals surface area contributed by atoms with E-state index in [0.29, 0.717) is 19.3 Å². The zero-order valence-corrected chi connectivity index (χ0v) is 47.0. The van der Waals surface area contributed by atoms with E-state index in [1.165, 1.54) is 154 Å². The Labute approximate surface area is 440 Å². The number of carbonyl (C=O) groups is 3. The number of hydrogen-bond donors (Lipinski definition) is 0. The Morgan fingerprint density at radius 1 is 0.282 bits per heavy atom. The fourth-order valence-electron chi connectivity index (χ4n) is 8.57. The van der Waals surface area contributed by atoms with Gasteiger partial charge in [-0.1, -0.05) is 261 Å². The number of esters is 3. The zero-order chi connectivity index (χ0) is 51.4. The quantitative estimate of drug-likeness (QED) is 0.0261. The van der Waals surface area contributed by atoms with Gasteiger partial charge in [-0.3, -0.25) is 14.4 Å². The van der Waals surface area contributed by atoms with Gasteiger partial charge in [0.1, 0.15) is 13.2 Å². The fraction of sp³-hybridized carbons (Fsp3) is 0.769. The molecule has 71 heavy (non-hydrogen) atoms. The van der Waals surface area contributed by atoms with Crippen LogP contribution in [0.5, 0.6) is 0 Å². The van der Waals surface area contributed by atoms with E-state index < -0.39 is 6.10 Å². The van der Waals surface area contributed by atoms with E-state index in [1.54, 1.807) is 0 Å². The minimum absolute atomic E-state index is 0.0896. The maximum Gasteiger partial charge on any atom is 0.306 e. The summed E-state index contributed by atoms with van der Waals surface area (Å²) in [5.74, 6) is -0.921. The number of hydrogen-bond acceptors (Lipinski definition) is 6. The summed E-state index contributed by atoms with van der Waals surface area (Å²) in [6.45, 7) is 6.58. The molecule has 0 aromatic rings. The van der Waals surface area contributed by atoms with Gasteiger partial charge < -0.3 is 14.2 Å². The Morgan fingerprint density at radius 3 is 0.817 bits per heavy atom. The molecule has 0 saturated carbocycles. The lowest BCUT2D eigenvalue weighted by molar-refractivity contribution is -0.167. The largest absolute Gasteiger partial charge is 0.462 e. The molecular weight excluding hydrogens is 877 g/mol. The number of rotatable bonds is 55. The predicted octanol–water partition coefficient (Wildman–Crippen LogP) is 20.5. The number of allylic oxidation sites excluding steroid dienone is 12. The molecule has 0 fully saturated rings. The summed E-state index contributed by atoms with van der Waals surface area (Å²) in [5, 5.41) is 0. The van der Waals surface area contributed by atoms with Gasteiger partial charge in [-0.2, -0.15) is 0 Å². The standard InChI is InChI=1S/C65H114O6/c1-4-7-10-13-16-19-22-25-28-31-32-35-37-40-43-46-49-52-55-58-64(67)70-61-62(71-65(68)59-56-53-50-47-44-41-38-34-30-27-24-21-18-15-12-9-6-3)60-69-63(66)57-54-51-48-45-42-39-36-33-29-26-23-20-17-14-11-8-5-2/h17-18,20-21,26-27,29-30,36,38-39,41,62H,4-16,19,22-25,28,31-35,37,40,42-61H2,1-3H3/b20-17+,21-18+,29-26+,30-27+,39-36+,41-38+/t62-/m1/s1. The lowest BCUT2D eigenvalue weighted by Crippen LogP contribution is -2.30. The van der Waals surface area contributed by atoms with Crippen molar-refractivity contribution in [2.24, 2.45) is 0 Å². The molecule has 0 amide bonds. The van der Waals surface area contributed by atoms with Crippen LogP contribution in [0.2, 0.25) is 0 Å². The SMILES string of the molecule is CCCCC/C=C/C/C=C/C/C=C/CCCCCCC(=O)OC[C@H](COC(=O)CCCCCCCCCCCCCCCCCCCCC)OC(=O)CCCCCC/C=C/C/C=C/C/C=C/CCCCC. The lowest BCUT2D eigenvalue weighted by Gasteiger charge is -2.18. The molecule has 0 bridgehead atoms. The first-order valence-corrected chi connectivity index (χ1v) is 30.4. The number of unbranched alkanes of at least 4 members (excludes halogenated alkanes) is 32. The van der Waals surface area contributed by atoms with Crippen LogP contribution in [0.15, 0.2) is 72.9 Å². The van der Waals surface area contributed by atoms with Gasteiger partial charge in [-0.05, 0) is 96.3 Å². The lowest BCUT2D eigenvalue weighted by atomic mass is 10.0. The Hall–Kier alpha value is -3.15. The van der Waals surface area contributed by atoms with Gasteiger partial charge in [0.25, 0.3) is 0 Å². The van der Waals surface area contributed by atoms with E-state index in [-0.39, 0.29) is 31.1 Å². The smallest absolute Gasteiger partial charge is 0.306 e. The summed E-state index contributed by atoms with van der Waals surface area (Å²) in [5.41, 5.74) is 0. The van der Waals surface area contributed by atoms with E-state index in [4.69, 9.17) is 14.2 Å². The van der Waals surface area contributed by atoms with E-state index in [0.717, 1.165) is 109 Å². The maximum atomic E-state index is 12.9. The normalized spacial score (nSPS) is 12.5. The second-order valence-corrected chi connectivity index (χ2v) is 20.3. The van der Waals surface area contributed by atoms with Crippen LogP contribution in [0.1, 0.15) is 303 Å². The van der Waals surface area contributed by atoms with E-state index in [2.05, 4.69) is 93.7 Å². The van der Waals surface area contributed by atoms with Crippen LogP contribution in [0.25, 0.3) is 0 Å². The highest BCUT2D eigenvalue weighted by atomic mass is 16.6. The first kappa shape index (κ1) is 67.8. The third-order valence-electron chi connectivity index (χ3n) is 13.2. The topological polar surface area (TPSA) is 78.9 Å². The molecule has 0 aliphatic rings. The molecule has 0 unspecified atom stereocenters. The van der Waals surface area contributed by atoms with Gasteiger partial charge in [0, 0.05) is 19.3 Å². The molecule has 0 aromatic carbocycles. The monoisotopic (exact) mass is 991 g/mol. The summed E-state index contributed by atoms with van der Waals surface area (Å²) in [4.78, 5) is 38.2. The van der Waals surface area contributed by atoms with Crippen molar-refractivity contribution in [3.63, 3.8) is 0 Å². The van der Waals surface area contributed by atoms with Crippen LogP contribution in [0.3, 0.4) is 0 Å². The number of ether oxygens (including phenoxy) is 3. The highest BCUT2D eigenvalue weighted by Gasteiger charge is 2.19. The van der Waals surface area contributed by atoms with Crippen molar-refractivity contribution in [1.29, 1.82) is 0 Å². The van der Waals surface area contributed by atoms with Crippen LogP contribution < -0.4 is 0 Å². The van der Waals surface area contributed by atoms with Crippen molar-refractivity contribution in [1.82, 2.24) is 0 Å². The van der Waals surface area contributed by atoms with Crippen molar-refractivity contribution in [2.75, 3.05) is 13.2 Å². The molecule has 410 valence electrons. The van der Waals surface area contributed by atoms with Crippen LogP contribution >= 0.6 is 0 Å². The Kier molecular flexibility index (Phi) is 56.8. The number of carbonyl (C=O) groups excluding carboxylic acids is 3. The minimum atomic E-state index is -0.796. The molecule has 0 saturated heterocycles. The van der Waals surface area contributed by atoms with E-state index >= 15 is 0 Å². The average Bonchev–Trinajstić information content (AvgIpc) is 3.37. The first-order chi connectivity index (χ1) is 35.0. The molecule has 0 aliphatic heterocycles. The summed E-state index contributed by atoms with van der Waals surface area (Å²) in [6.07, 6.45) is 76.1. The van der Waals surface area contributed by atoms with Gasteiger partial charge in [0.15, 0.2) is 6.10 Å². The van der Waals surface area contributed by atoms with E-state index in [1.807, 2.05) is 0 Å². The molecule has 0 rings (SSSR count). The molecule has 0 heterocycles. The van der Waals surface area contributed by atoms with Crippen molar-refractivity contribution in [3.05, 3.63) is 72.9 Å². The van der Waals surface area contributed by atoms with E-state index in [9.17, 15) is 14.4 Å². The summed E-state index contributed by atoms with van der Waals surface area (Å²) >= 11 is 0. The van der Waals surface area contributed by atoms with Gasteiger partial charge in [-0.25, -0.2) is 0 Å². The van der Waals surface area contributed by atoms with Crippen LogP contribution in [0, 0.1) is 0 Å². The van der Waals surface area contributed by atoms with Crippen LogP contribution in [0.4, 0.5) is 0 Å². The minimum Gasteiger partial charge on any atom is -0.462 e. The Balaban J connectivity index is 4.43. The first-order valence-electron chi connectivity index (χ1n) is 30.4. The molecule has 0 radical (unpaired) electrons. The molecule has 0 aliphatic carbocycles. The molecule has 6 heteroatoms. The highest BCUT2D eigenvalue weighted by molar-refractivity contribution is 5.71. The second-order valence-electron chi connectivity index (χ2n) is 20.3.